The van der Waals surface area contributed by atoms with Crippen LogP contribution in [0.15, 0.2) is 18.2 Å². The molecule has 0 amide bonds. The Bertz CT molecular complexity index is 310. The summed E-state index contributed by atoms with van der Waals surface area (Å²) in [5, 5.41) is 0.693. The minimum atomic E-state index is 0.407. The third-order valence-electron chi connectivity index (χ3n) is 1.99. The van der Waals surface area contributed by atoms with Gasteiger partial charge < -0.3 is 10.5 Å². The summed E-state index contributed by atoms with van der Waals surface area (Å²) in [5.74, 6) is 0.843. The van der Waals surface area contributed by atoms with Crippen molar-refractivity contribution in [3.05, 3.63) is 28.8 Å². The summed E-state index contributed by atoms with van der Waals surface area (Å²) in [6, 6.07) is 5.64. The van der Waals surface area contributed by atoms with Crippen molar-refractivity contribution in [1.82, 2.24) is 0 Å². The first-order valence-electron chi connectivity index (χ1n) is 4.44. The minimum Gasteiger partial charge on any atom is -0.490 e. The van der Waals surface area contributed by atoms with Crippen molar-refractivity contribution in [3.63, 3.8) is 0 Å². The first-order valence-corrected chi connectivity index (χ1v) is 4.82. The molecule has 70 valence electrons. The van der Waals surface area contributed by atoms with Crippen LogP contribution in [0.1, 0.15) is 18.4 Å². The van der Waals surface area contributed by atoms with Gasteiger partial charge in [-0.1, -0.05) is 11.6 Å². The number of nitrogens with two attached hydrogens (primary N) is 1. The molecule has 0 aliphatic heterocycles. The topological polar surface area (TPSA) is 35.2 Å². The van der Waals surface area contributed by atoms with Crippen molar-refractivity contribution in [3.8, 4) is 5.75 Å². The average molecular weight is 198 g/mol. The van der Waals surface area contributed by atoms with E-state index in [0.29, 0.717) is 17.7 Å². The fraction of sp³-hybridized carbons (Fsp3) is 0.400. The van der Waals surface area contributed by atoms with Crippen molar-refractivity contribution in [1.29, 1.82) is 0 Å². The van der Waals surface area contributed by atoms with Crippen LogP contribution in [0.5, 0.6) is 5.75 Å². The Morgan fingerprint density at radius 2 is 2.15 bits per heavy atom. The number of halogens is 1. The molecular weight excluding hydrogens is 186 g/mol. The Balaban J connectivity index is 2.17. The third kappa shape index (κ3) is 2.36. The molecule has 1 aromatic rings. The first kappa shape index (κ1) is 8.85. The van der Waals surface area contributed by atoms with Crippen molar-refractivity contribution in [2.24, 2.45) is 5.73 Å². The van der Waals surface area contributed by atoms with Gasteiger partial charge in [0.15, 0.2) is 0 Å². The highest BCUT2D eigenvalue weighted by Crippen LogP contribution is 2.29. The number of hydrogen-bond donors (Lipinski definition) is 1. The standard InChI is InChI=1S/C10H12ClNO/c11-8-3-7(6-12)4-10(5-8)13-9-1-2-9/h3-5,9H,1-2,6,12H2. The summed E-state index contributed by atoms with van der Waals surface area (Å²) >= 11 is 5.90. The molecule has 3 heteroatoms. The highest BCUT2D eigenvalue weighted by molar-refractivity contribution is 6.30. The highest BCUT2D eigenvalue weighted by atomic mass is 35.5. The molecule has 2 nitrogen and oxygen atoms in total. The summed E-state index contributed by atoms with van der Waals surface area (Å²) < 4.78 is 5.61. The molecule has 2 rings (SSSR count). The molecule has 0 unspecified atom stereocenters. The van der Waals surface area contributed by atoms with Crippen LogP contribution in [-0.2, 0) is 6.54 Å². The second kappa shape index (κ2) is 3.56. The molecule has 1 aromatic carbocycles. The van der Waals surface area contributed by atoms with Crippen LogP contribution < -0.4 is 10.5 Å². The Morgan fingerprint density at radius 1 is 1.38 bits per heavy atom. The van der Waals surface area contributed by atoms with Gasteiger partial charge in [0.25, 0.3) is 0 Å². The van der Waals surface area contributed by atoms with Crippen molar-refractivity contribution >= 4 is 11.6 Å². The van der Waals surface area contributed by atoms with Crippen LogP contribution in [0.25, 0.3) is 0 Å². The quantitative estimate of drug-likeness (QED) is 0.808. The predicted molar refractivity (Wildman–Crippen MR) is 53.0 cm³/mol. The Labute approximate surface area is 82.6 Å². The van der Waals surface area contributed by atoms with Gasteiger partial charge >= 0.3 is 0 Å². The Kier molecular flexibility index (Phi) is 2.42. The van der Waals surface area contributed by atoms with Gasteiger partial charge in [-0.25, -0.2) is 0 Å². The number of ether oxygens (including phenoxy) is 1. The maximum Gasteiger partial charge on any atom is 0.121 e. The molecule has 2 N–H and O–H groups in total. The molecular formula is C10H12ClNO. The van der Waals surface area contributed by atoms with Crippen LogP contribution in [0.2, 0.25) is 5.02 Å². The minimum absolute atomic E-state index is 0.407. The Morgan fingerprint density at radius 3 is 2.77 bits per heavy atom. The van der Waals surface area contributed by atoms with E-state index < -0.39 is 0 Å². The SMILES string of the molecule is NCc1cc(Cl)cc(OC2CC2)c1. The highest BCUT2D eigenvalue weighted by Gasteiger charge is 2.23. The predicted octanol–water partition coefficient (Wildman–Crippen LogP) is 2.34. The summed E-state index contributed by atoms with van der Waals surface area (Å²) in [7, 11) is 0. The summed E-state index contributed by atoms with van der Waals surface area (Å²) in [5.41, 5.74) is 6.54. The van der Waals surface area contributed by atoms with E-state index in [1.807, 2.05) is 18.2 Å². The van der Waals surface area contributed by atoms with E-state index in [9.17, 15) is 0 Å². The van der Waals surface area contributed by atoms with Crippen molar-refractivity contribution in [2.75, 3.05) is 0 Å². The van der Waals surface area contributed by atoms with Crippen LogP contribution in [0.3, 0.4) is 0 Å². The fourth-order valence-electron chi connectivity index (χ4n) is 1.18. The molecule has 0 saturated heterocycles. The normalized spacial score (nSPS) is 15.8. The second-order valence-corrected chi connectivity index (χ2v) is 3.75. The van der Waals surface area contributed by atoms with Crippen LogP contribution in [-0.4, -0.2) is 6.10 Å². The fourth-order valence-corrected chi connectivity index (χ4v) is 1.43. The molecule has 0 atom stereocenters. The maximum absolute atomic E-state index is 5.90. The smallest absolute Gasteiger partial charge is 0.121 e. The monoisotopic (exact) mass is 197 g/mol. The lowest BCUT2D eigenvalue weighted by Gasteiger charge is -2.06. The lowest BCUT2D eigenvalue weighted by Crippen LogP contribution is -1.99. The van der Waals surface area contributed by atoms with Crippen LogP contribution >= 0.6 is 11.6 Å². The van der Waals surface area contributed by atoms with Gasteiger partial charge in [-0.2, -0.15) is 0 Å². The lowest BCUT2D eigenvalue weighted by molar-refractivity contribution is 0.303. The maximum atomic E-state index is 5.90. The zero-order valence-electron chi connectivity index (χ0n) is 7.29. The molecule has 0 radical (unpaired) electrons. The van der Waals surface area contributed by atoms with E-state index in [2.05, 4.69) is 0 Å². The summed E-state index contributed by atoms with van der Waals surface area (Å²) in [4.78, 5) is 0. The Hall–Kier alpha value is -0.730. The molecule has 1 aliphatic rings. The van der Waals surface area contributed by atoms with E-state index in [4.69, 9.17) is 22.1 Å². The molecule has 0 heterocycles. The van der Waals surface area contributed by atoms with Crippen molar-refractivity contribution in [2.45, 2.75) is 25.5 Å². The zero-order chi connectivity index (χ0) is 9.26. The second-order valence-electron chi connectivity index (χ2n) is 3.32. The molecule has 0 bridgehead atoms. The number of benzene rings is 1. The summed E-state index contributed by atoms with van der Waals surface area (Å²) in [6.07, 6.45) is 2.72. The average Bonchev–Trinajstić information content (AvgIpc) is 2.87. The molecule has 1 saturated carbocycles. The van der Waals surface area contributed by atoms with Gasteiger partial charge in [-0.3, -0.25) is 0 Å². The van der Waals surface area contributed by atoms with Gasteiger partial charge in [0.05, 0.1) is 6.10 Å². The molecule has 1 fully saturated rings. The van der Waals surface area contributed by atoms with E-state index in [0.717, 1.165) is 24.2 Å². The molecule has 0 spiro atoms. The van der Waals surface area contributed by atoms with Gasteiger partial charge in [0.1, 0.15) is 5.75 Å². The lowest BCUT2D eigenvalue weighted by atomic mass is 10.2. The first-order chi connectivity index (χ1) is 6.28. The van der Waals surface area contributed by atoms with Gasteiger partial charge in [0.2, 0.25) is 0 Å². The molecule has 13 heavy (non-hydrogen) atoms. The largest absolute Gasteiger partial charge is 0.490 e. The van der Waals surface area contributed by atoms with Crippen LogP contribution in [0.4, 0.5) is 0 Å². The molecule has 1 aliphatic carbocycles. The number of hydrogen-bond acceptors (Lipinski definition) is 2. The third-order valence-corrected chi connectivity index (χ3v) is 2.21. The van der Waals surface area contributed by atoms with Gasteiger partial charge in [-0.05, 0) is 36.6 Å². The molecule has 0 aromatic heterocycles. The van der Waals surface area contributed by atoms with Gasteiger partial charge in [-0.15, -0.1) is 0 Å². The van der Waals surface area contributed by atoms with E-state index in [-0.39, 0.29) is 0 Å². The van der Waals surface area contributed by atoms with Crippen LogP contribution in [0, 0.1) is 0 Å². The van der Waals surface area contributed by atoms with E-state index in [1.165, 1.54) is 0 Å². The van der Waals surface area contributed by atoms with Gasteiger partial charge in [0, 0.05) is 11.6 Å². The van der Waals surface area contributed by atoms with E-state index >= 15 is 0 Å². The summed E-state index contributed by atoms with van der Waals surface area (Å²) in [6.45, 7) is 0.502. The van der Waals surface area contributed by atoms with E-state index in [1.54, 1.807) is 0 Å². The number of rotatable bonds is 3. The zero-order valence-corrected chi connectivity index (χ0v) is 8.05. The van der Waals surface area contributed by atoms with Crippen molar-refractivity contribution < 1.29 is 4.74 Å².